The van der Waals surface area contributed by atoms with Gasteiger partial charge in [0, 0.05) is 0 Å². The average Bonchev–Trinajstić information content (AvgIpc) is 3.26. The highest BCUT2D eigenvalue weighted by Crippen LogP contribution is 2.51. The SMILES string of the molecule is Nc1c(N([O-])O)cc(N([O-])O)c(-c2nnc(-c3c(N([O-])O)cc(N([O-])O)c(N)c3N([O-])O)s2)c1N([O-])O. The van der Waals surface area contributed by atoms with Crippen molar-refractivity contribution in [2.75, 3.05) is 42.8 Å². The Hall–Kier alpha value is -4.08. The molecule has 0 fully saturated rings. The molecule has 0 atom stereocenters. The first kappa shape index (κ1) is 27.5. The van der Waals surface area contributed by atoms with Gasteiger partial charge in [-0.05, 0) is 12.1 Å². The van der Waals surface area contributed by atoms with Gasteiger partial charge in [-0.25, -0.2) is 0 Å². The third kappa shape index (κ3) is 4.83. The van der Waals surface area contributed by atoms with E-state index in [-0.39, 0.29) is 11.3 Å². The van der Waals surface area contributed by atoms with Crippen LogP contribution in [0.2, 0.25) is 0 Å². The van der Waals surface area contributed by atoms with Crippen molar-refractivity contribution in [3.8, 4) is 21.1 Å². The molecule has 0 bridgehead atoms. The molecular weight excluding hydrogens is 532 g/mol. The summed E-state index contributed by atoms with van der Waals surface area (Å²) in [7, 11) is 0. The minimum absolute atomic E-state index is 0.263. The first-order valence-corrected chi connectivity index (χ1v) is 9.74. The fraction of sp³-hybridized carbons (Fsp3) is 0. The van der Waals surface area contributed by atoms with E-state index in [1.807, 2.05) is 0 Å². The summed E-state index contributed by atoms with van der Waals surface area (Å²) in [4.78, 5) is 0. The summed E-state index contributed by atoms with van der Waals surface area (Å²) in [6.45, 7) is 0. The molecule has 0 radical (unpaired) electrons. The van der Waals surface area contributed by atoms with Crippen molar-refractivity contribution >= 4 is 56.8 Å². The number of nitrogens with two attached hydrogens (primary N) is 2. The topological polar surface area (TPSA) is 357 Å². The second kappa shape index (κ2) is 10.1. The third-order valence-electron chi connectivity index (χ3n) is 4.65. The number of hydrogen-bond donors (Lipinski definition) is 8. The molecule has 0 aliphatic heterocycles. The van der Waals surface area contributed by atoms with Gasteiger partial charge in [-0.15, -0.1) is 10.2 Å². The zero-order valence-electron chi connectivity index (χ0n) is 17.4. The number of nitrogens with zero attached hydrogens (tertiary/aromatic N) is 8. The first-order valence-electron chi connectivity index (χ1n) is 8.92. The van der Waals surface area contributed by atoms with Gasteiger partial charge in [0.25, 0.3) is 0 Å². The van der Waals surface area contributed by atoms with Gasteiger partial charge in [0.1, 0.15) is 0 Å². The molecular formula is C14H12N10O12S-6. The van der Waals surface area contributed by atoms with Crippen molar-refractivity contribution in [2.24, 2.45) is 0 Å². The van der Waals surface area contributed by atoms with Crippen molar-refractivity contribution in [3.63, 3.8) is 0 Å². The van der Waals surface area contributed by atoms with Gasteiger partial charge in [0.05, 0.1) is 56.6 Å². The molecule has 202 valence electrons. The smallest absolute Gasteiger partial charge is 0.152 e. The van der Waals surface area contributed by atoms with Gasteiger partial charge >= 0.3 is 0 Å². The van der Waals surface area contributed by atoms with E-state index in [0.29, 0.717) is 12.1 Å². The maximum absolute atomic E-state index is 11.8. The number of anilines is 8. The lowest BCUT2D eigenvalue weighted by molar-refractivity contribution is 0.288. The number of benzene rings is 2. The average molecular weight is 544 g/mol. The number of aromatic nitrogens is 2. The highest BCUT2D eigenvalue weighted by atomic mass is 32.1. The third-order valence-corrected chi connectivity index (χ3v) is 5.61. The van der Waals surface area contributed by atoms with Crippen molar-refractivity contribution in [1.82, 2.24) is 10.2 Å². The second-order valence-electron chi connectivity index (χ2n) is 6.65. The van der Waals surface area contributed by atoms with Crippen LogP contribution in [0.1, 0.15) is 0 Å². The molecule has 0 unspecified atom stereocenters. The van der Waals surface area contributed by atoms with E-state index in [4.69, 9.17) is 11.5 Å². The molecule has 0 aliphatic rings. The maximum Gasteiger partial charge on any atom is 0.152 e. The Bertz CT molecular complexity index is 1200. The van der Waals surface area contributed by atoms with Gasteiger partial charge in [-0.3, -0.25) is 31.2 Å². The molecule has 37 heavy (non-hydrogen) atoms. The Kier molecular flexibility index (Phi) is 7.52. The highest BCUT2D eigenvalue weighted by Gasteiger charge is 2.27. The molecule has 22 nitrogen and oxygen atoms in total. The molecule has 3 aromatic rings. The van der Waals surface area contributed by atoms with Crippen LogP contribution in [-0.2, 0) is 0 Å². The molecule has 1 aromatic heterocycles. The molecule has 0 amide bonds. The van der Waals surface area contributed by atoms with Crippen LogP contribution in [0, 0.1) is 31.2 Å². The predicted octanol–water partition coefficient (Wildman–Crippen LogP) is 1.20. The van der Waals surface area contributed by atoms with Gasteiger partial charge in [0.2, 0.25) is 0 Å². The summed E-state index contributed by atoms with van der Waals surface area (Å²) in [6.07, 6.45) is 0. The molecule has 0 saturated carbocycles. The van der Waals surface area contributed by atoms with Crippen LogP contribution in [0.25, 0.3) is 21.1 Å². The zero-order valence-corrected chi connectivity index (χ0v) is 18.2. The van der Waals surface area contributed by atoms with Gasteiger partial charge in [-0.1, -0.05) is 11.3 Å². The minimum Gasteiger partial charge on any atom is -0.733 e. The Morgan fingerprint density at radius 1 is 0.541 bits per heavy atom. The lowest BCUT2D eigenvalue weighted by Crippen LogP contribution is -2.19. The second-order valence-corrected chi connectivity index (χ2v) is 7.63. The summed E-state index contributed by atoms with van der Waals surface area (Å²) in [5, 5.41) is 127. The summed E-state index contributed by atoms with van der Waals surface area (Å²) in [5.41, 5.74) is 1.70. The summed E-state index contributed by atoms with van der Waals surface area (Å²) in [5.74, 6) is 0. The van der Waals surface area contributed by atoms with E-state index in [1.165, 1.54) is 0 Å². The number of hydrogen-bond acceptors (Lipinski definition) is 23. The standard InChI is InChI=1S/C14H12N10O12S/c15-9-5(21(29)30)1-3(19(25)26)7(11(9)23(33)34)13-17-18-14(37-13)8-4(20(27)28)2-6(22(31)32)10(16)12(8)24(35)36/h1-2,25,27,29,31,33,35H,15-16H2/q-6. The maximum atomic E-state index is 11.8. The van der Waals surface area contributed by atoms with Gasteiger partial charge in [0.15, 0.2) is 10.0 Å². The van der Waals surface area contributed by atoms with E-state index in [1.54, 1.807) is 0 Å². The lowest BCUT2D eigenvalue weighted by Gasteiger charge is -2.35. The van der Waals surface area contributed by atoms with Gasteiger partial charge < -0.3 is 74.1 Å². The van der Waals surface area contributed by atoms with E-state index >= 15 is 0 Å². The lowest BCUT2D eigenvalue weighted by atomic mass is 10.1. The Morgan fingerprint density at radius 2 is 0.838 bits per heavy atom. The largest absolute Gasteiger partial charge is 0.733 e. The molecule has 1 heterocycles. The Labute approximate surface area is 206 Å². The fourth-order valence-electron chi connectivity index (χ4n) is 3.18. The van der Waals surface area contributed by atoms with Crippen LogP contribution < -0.4 is 42.8 Å². The first-order chi connectivity index (χ1) is 17.2. The quantitative estimate of drug-likeness (QED) is 0.146. The van der Waals surface area contributed by atoms with E-state index in [0.717, 1.165) is 0 Å². The van der Waals surface area contributed by atoms with Crippen molar-refractivity contribution in [2.45, 2.75) is 0 Å². The molecule has 0 aliphatic carbocycles. The summed E-state index contributed by atoms with van der Waals surface area (Å²) in [6, 6.07) is 0.985. The van der Waals surface area contributed by atoms with Crippen molar-refractivity contribution < 1.29 is 31.2 Å². The molecule has 0 spiro atoms. The van der Waals surface area contributed by atoms with Crippen LogP contribution in [0.4, 0.5) is 45.5 Å². The van der Waals surface area contributed by atoms with Crippen molar-refractivity contribution in [3.05, 3.63) is 43.4 Å². The number of nitrogen functional groups attached to an aromatic ring is 2. The Morgan fingerprint density at radius 3 is 1.08 bits per heavy atom. The monoisotopic (exact) mass is 544 g/mol. The van der Waals surface area contributed by atoms with Crippen LogP contribution in [0.15, 0.2) is 12.1 Å². The van der Waals surface area contributed by atoms with E-state index < -0.39 is 98.0 Å². The number of rotatable bonds is 8. The predicted molar refractivity (Wildman–Crippen MR) is 125 cm³/mol. The highest BCUT2D eigenvalue weighted by molar-refractivity contribution is 7.18. The summed E-state index contributed by atoms with van der Waals surface area (Å²) < 4.78 is 0. The Balaban J connectivity index is 2.39. The van der Waals surface area contributed by atoms with Crippen LogP contribution in [0.5, 0.6) is 0 Å². The molecule has 2 aromatic carbocycles. The normalized spacial score (nSPS) is 10.9. The van der Waals surface area contributed by atoms with Gasteiger partial charge in [-0.2, -0.15) is 0 Å². The minimum atomic E-state index is -1.10. The molecule has 3 rings (SSSR count). The molecule has 0 saturated heterocycles. The zero-order chi connectivity index (χ0) is 27.9. The molecule has 10 N–H and O–H groups in total. The van der Waals surface area contributed by atoms with Crippen molar-refractivity contribution in [1.29, 1.82) is 0 Å². The van der Waals surface area contributed by atoms with Crippen LogP contribution >= 0.6 is 11.3 Å². The van der Waals surface area contributed by atoms with Crippen LogP contribution in [-0.4, -0.2) is 41.4 Å². The van der Waals surface area contributed by atoms with Crippen LogP contribution in [0.3, 0.4) is 0 Å². The summed E-state index contributed by atoms with van der Waals surface area (Å²) >= 11 is 0.263. The molecule has 23 heteroatoms. The fourth-order valence-corrected chi connectivity index (χ4v) is 4.13. The van der Waals surface area contributed by atoms with E-state index in [9.17, 15) is 62.5 Å². The van der Waals surface area contributed by atoms with E-state index in [2.05, 4.69) is 10.2 Å².